The van der Waals surface area contributed by atoms with Crippen molar-refractivity contribution >= 4 is 32.9 Å². The van der Waals surface area contributed by atoms with Gasteiger partial charge < -0.3 is 9.73 Å². The van der Waals surface area contributed by atoms with E-state index in [1.165, 1.54) is 18.6 Å². The number of nitrogens with two attached hydrogens (primary N) is 1. The number of hydrogen-bond acceptors (Lipinski definition) is 8. The van der Waals surface area contributed by atoms with E-state index < -0.39 is 31.1 Å². The van der Waals surface area contributed by atoms with E-state index in [0.717, 1.165) is 19.3 Å². The van der Waals surface area contributed by atoms with Crippen LogP contribution in [0.5, 0.6) is 0 Å². The Morgan fingerprint density at radius 3 is 2.71 bits per heavy atom. The summed E-state index contributed by atoms with van der Waals surface area (Å²) in [4.78, 5) is 28.9. The van der Waals surface area contributed by atoms with E-state index in [2.05, 4.69) is 15.3 Å². The van der Waals surface area contributed by atoms with E-state index in [0.29, 0.717) is 0 Å². The van der Waals surface area contributed by atoms with Crippen LogP contribution in [0.1, 0.15) is 6.92 Å². The van der Waals surface area contributed by atoms with Gasteiger partial charge in [0.15, 0.2) is 5.42 Å². The van der Waals surface area contributed by atoms with Crippen molar-refractivity contribution in [3.63, 3.8) is 0 Å². The molecular formula is C12H11N5O6S. The molecule has 126 valence electrons. The lowest BCUT2D eigenvalue weighted by Crippen LogP contribution is -2.46. The molecule has 0 radical (unpaired) electrons. The van der Waals surface area contributed by atoms with Crippen LogP contribution < -0.4 is 26.4 Å². The second kappa shape index (κ2) is 6.55. The topological polar surface area (TPSA) is 170 Å². The first kappa shape index (κ1) is 17.2. The number of carbonyl (C=O) groups is 1. The molecule has 0 saturated carbocycles. The van der Waals surface area contributed by atoms with Crippen molar-refractivity contribution < 1.29 is 22.6 Å². The lowest BCUT2D eigenvalue weighted by molar-refractivity contribution is -0.370. The highest BCUT2D eigenvalue weighted by Gasteiger charge is 2.27. The first-order valence-electron chi connectivity index (χ1n) is 6.25. The Kier molecular flexibility index (Phi) is 4.71. The molecular weight excluding hydrogens is 342 g/mol. The summed E-state index contributed by atoms with van der Waals surface area (Å²) in [5.74, 6) is -0.722. The molecule has 1 aliphatic heterocycles. The van der Waals surface area contributed by atoms with Gasteiger partial charge in [0.25, 0.3) is 0 Å². The molecule has 2 heterocycles. The summed E-state index contributed by atoms with van der Waals surface area (Å²) in [6.07, 6.45) is 5.19. The van der Waals surface area contributed by atoms with Gasteiger partial charge in [-0.05, 0) is 6.07 Å². The molecule has 1 aromatic heterocycles. The fourth-order valence-electron chi connectivity index (χ4n) is 1.86. The fourth-order valence-corrected chi connectivity index (χ4v) is 2.54. The van der Waals surface area contributed by atoms with Crippen molar-refractivity contribution in [1.29, 1.82) is 0 Å². The van der Waals surface area contributed by atoms with Crippen LogP contribution in [0, 0.1) is 10.1 Å². The molecule has 0 atom stereocenters. The molecule has 2 rings (SSSR count). The van der Waals surface area contributed by atoms with E-state index in [1.807, 2.05) is 0 Å². The Morgan fingerprint density at radius 2 is 2.21 bits per heavy atom. The number of primary sulfonamides is 1. The number of hydrogen-bond donors (Lipinski definition) is 2. The number of sulfonamides is 1. The molecule has 0 spiro atoms. The second-order valence-electron chi connectivity index (χ2n) is 4.40. The summed E-state index contributed by atoms with van der Waals surface area (Å²) in [7, 11) is -4.70. The van der Waals surface area contributed by atoms with Crippen LogP contribution in [0.25, 0.3) is 10.7 Å². The smallest absolute Gasteiger partial charge is 0.383 e. The van der Waals surface area contributed by atoms with Gasteiger partial charge in [-0.1, -0.05) is 0 Å². The summed E-state index contributed by atoms with van der Waals surface area (Å²) in [5, 5.41) is 16.7. The quantitative estimate of drug-likeness (QED) is 0.441. The van der Waals surface area contributed by atoms with Gasteiger partial charge in [0.05, 0.1) is 22.6 Å². The predicted octanol–water partition coefficient (Wildman–Crippen LogP) is -2.39. The molecule has 1 aromatic rings. The van der Waals surface area contributed by atoms with E-state index in [1.54, 1.807) is 0 Å². The number of nitrogens with zero attached hydrogens (tertiary/aromatic N) is 3. The van der Waals surface area contributed by atoms with Crippen LogP contribution in [0.15, 0.2) is 39.1 Å². The maximum Gasteiger partial charge on any atom is 0.383 e. The van der Waals surface area contributed by atoms with Crippen LogP contribution >= 0.6 is 0 Å². The van der Waals surface area contributed by atoms with E-state index in [4.69, 9.17) is 9.56 Å². The van der Waals surface area contributed by atoms with Crippen LogP contribution in [0.3, 0.4) is 0 Å². The van der Waals surface area contributed by atoms with E-state index in [-0.39, 0.29) is 16.5 Å². The number of rotatable bonds is 2. The molecule has 1 amide bonds. The standard InChI is InChI=1S/C12H11N5O6S/c1-7(18)16-10-8(12(17(19)20)24(13,21)22)2-5-23-11(10)9-6-14-3-4-15-9/h2-6,15H,1H3,(H2,13,21,22)/b11-9?,12-8+,16-10?. The molecule has 0 bridgehead atoms. The molecule has 0 saturated heterocycles. The van der Waals surface area contributed by atoms with E-state index >= 15 is 0 Å². The molecule has 0 unspecified atom stereocenters. The Balaban J connectivity index is 3.18. The van der Waals surface area contributed by atoms with Crippen molar-refractivity contribution in [3.05, 3.63) is 50.8 Å². The zero-order valence-electron chi connectivity index (χ0n) is 12.2. The minimum atomic E-state index is -4.70. The maximum absolute atomic E-state index is 11.6. The van der Waals surface area contributed by atoms with E-state index in [9.17, 15) is 23.3 Å². The van der Waals surface area contributed by atoms with Crippen molar-refractivity contribution in [2.24, 2.45) is 15.1 Å². The third kappa shape index (κ3) is 3.61. The van der Waals surface area contributed by atoms with Gasteiger partial charge in [0, 0.05) is 19.3 Å². The fraction of sp³-hybridized carbons (Fsp3) is 0.0833. The maximum atomic E-state index is 11.6. The van der Waals surface area contributed by atoms with Crippen LogP contribution in [-0.4, -0.2) is 25.5 Å². The second-order valence-corrected chi connectivity index (χ2v) is 5.88. The van der Waals surface area contributed by atoms with Crippen molar-refractivity contribution in [1.82, 2.24) is 5.32 Å². The van der Waals surface area contributed by atoms with Crippen LogP contribution in [0.2, 0.25) is 0 Å². The summed E-state index contributed by atoms with van der Waals surface area (Å²) >= 11 is 0. The molecule has 0 aromatic carbocycles. The van der Waals surface area contributed by atoms with Gasteiger partial charge in [-0.25, -0.2) is 18.5 Å². The summed E-state index contributed by atoms with van der Waals surface area (Å²) in [6.45, 7) is 1.09. The van der Waals surface area contributed by atoms with Gasteiger partial charge in [-0.2, -0.15) is 0 Å². The lowest BCUT2D eigenvalue weighted by atomic mass is 10.3. The lowest BCUT2D eigenvalue weighted by Gasteiger charge is -2.04. The SMILES string of the molecule is CC(=O)N=c1c(=C2C=NC=CN2)occ/c1=C(/[N+](=O)[O-])S(N)(=O)=O. The average molecular weight is 353 g/mol. The molecule has 3 N–H and O–H groups in total. The van der Waals surface area contributed by atoms with Crippen molar-refractivity contribution in [2.75, 3.05) is 0 Å². The number of amides is 1. The third-order valence-corrected chi connectivity index (χ3v) is 3.58. The molecule has 24 heavy (non-hydrogen) atoms. The van der Waals surface area contributed by atoms with Crippen LogP contribution in [0.4, 0.5) is 0 Å². The monoisotopic (exact) mass is 353 g/mol. The zero-order valence-corrected chi connectivity index (χ0v) is 13.0. The Labute approximate surface area is 134 Å². The number of nitrogens with one attached hydrogen (secondary N) is 1. The minimum absolute atomic E-state index is 0.112. The Bertz CT molecular complexity index is 1060. The molecule has 0 aliphatic carbocycles. The van der Waals surface area contributed by atoms with Gasteiger partial charge in [0.1, 0.15) is 11.1 Å². The zero-order chi connectivity index (χ0) is 17.9. The van der Waals surface area contributed by atoms with Gasteiger partial charge in [-0.3, -0.25) is 19.9 Å². The largest absolute Gasteiger partial charge is 0.460 e. The third-order valence-electron chi connectivity index (χ3n) is 2.67. The summed E-state index contributed by atoms with van der Waals surface area (Å²) in [6, 6.07) is 0.990. The highest BCUT2D eigenvalue weighted by atomic mass is 32.2. The van der Waals surface area contributed by atoms with Gasteiger partial charge in [-0.15, -0.1) is 0 Å². The number of carbonyl (C=O) groups excluding carboxylic acids is 1. The summed E-state index contributed by atoms with van der Waals surface area (Å²) < 4.78 is 28.4. The number of nitro groups is 1. The molecule has 11 nitrogen and oxygen atoms in total. The van der Waals surface area contributed by atoms with Crippen LogP contribution in [-0.2, 0) is 14.8 Å². The normalized spacial score (nSPS) is 18.2. The molecule has 12 heteroatoms. The Hall–Kier alpha value is -3.12. The highest BCUT2D eigenvalue weighted by molar-refractivity contribution is 7.97. The highest BCUT2D eigenvalue weighted by Crippen LogP contribution is 2.00. The first-order chi connectivity index (χ1) is 11.2. The minimum Gasteiger partial charge on any atom is -0.460 e. The van der Waals surface area contributed by atoms with Crippen molar-refractivity contribution in [2.45, 2.75) is 6.92 Å². The molecule has 0 fully saturated rings. The van der Waals surface area contributed by atoms with Crippen molar-refractivity contribution in [3.8, 4) is 0 Å². The van der Waals surface area contributed by atoms with Gasteiger partial charge >= 0.3 is 15.1 Å². The summed E-state index contributed by atoms with van der Waals surface area (Å²) in [5.41, 5.74) is 0.107. The number of aliphatic imine (C=N–C) groups is 1. The predicted molar refractivity (Wildman–Crippen MR) is 81.9 cm³/mol. The average Bonchev–Trinajstić information content (AvgIpc) is 2.47. The Morgan fingerprint density at radius 1 is 1.50 bits per heavy atom. The molecule has 1 aliphatic rings. The first-order valence-corrected chi connectivity index (χ1v) is 7.80. The van der Waals surface area contributed by atoms with Gasteiger partial charge in [0.2, 0.25) is 5.91 Å².